The van der Waals surface area contributed by atoms with Crippen molar-refractivity contribution in [3.05, 3.63) is 0 Å². The minimum absolute atomic E-state index is 0. The highest BCUT2D eigenvalue weighted by Crippen LogP contribution is 2.22. The SMILES string of the molecule is Cl.O=C(NCC1CCCN(CCC(F)(F)F)C1)C1CCCN1. The molecule has 0 aromatic rings. The van der Waals surface area contributed by atoms with Crippen molar-refractivity contribution >= 4 is 18.3 Å². The van der Waals surface area contributed by atoms with Crippen molar-refractivity contribution < 1.29 is 18.0 Å². The minimum atomic E-state index is -4.09. The van der Waals surface area contributed by atoms with Crippen molar-refractivity contribution in [2.75, 3.05) is 32.7 Å². The van der Waals surface area contributed by atoms with Crippen molar-refractivity contribution in [1.82, 2.24) is 15.5 Å². The third-order valence-electron chi connectivity index (χ3n) is 4.26. The molecule has 0 aromatic carbocycles. The van der Waals surface area contributed by atoms with Gasteiger partial charge in [0, 0.05) is 19.6 Å². The van der Waals surface area contributed by atoms with Gasteiger partial charge in [0.25, 0.3) is 0 Å². The molecular weight excluding hydrogens is 319 g/mol. The number of piperidine rings is 1. The molecule has 0 spiro atoms. The summed E-state index contributed by atoms with van der Waals surface area (Å²) >= 11 is 0. The molecule has 2 unspecified atom stereocenters. The molecular formula is C14H25ClF3N3O. The van der Waals surface area contributed by atoms with E-state index in [1.165, 1.54) is 0 Å². The van der Waals surface area contributed by atoms with Crippen LogP contribution in [0.25, 0.3) is 0 Å². The number of likely N-dealkylation sites (tertiary alicyclic amines) is 1. The lowest BCUT2D eigenvalue weighted by molar-refractivity contribution is -0.138. The summed E-state index contributed by atoms with van der Waals surface area (Å²) in [5.74, 6) is 0.289. The number of carbonyl (C=O) groups excluding carboxylic acids is 1. The molecule has 130 valence electrons. The highest BCUT2D eigenvalue weighted by atomic mass is 35.5. The number of hydrogen-bond donors (Lipinski definition) is 2. The molecule has 0 radical (unpaired) electrons. The van der Waals surface area contributed by atoms with E-state index in [0.29, 0.717) is 13.1 Å². The number of carbonyl (C=O) groups is 1. The second-order valence-corrected chi connectivity index (χ2v) is 6.07. The maximum absolute atomic E-state index is 12.2. The topological polar surface area (TPSA) is 44.4 Å². The van der Waals surface area contributed by atoms with Crippen LogP contribution in [0.3, 0.4) is 0 Å². The Morgan fingerprint density at radius 1 is 1.27 bits per heavy atom. The largest absolute Gasteiger partial charge is 0.390 e. The molecule has 1 amide bonds. The van der Waals surface area contributed by atoms with Crippen LogP contribution in [0.4, 0.5) is 13.2 Å². The standard InChI is InChI=1S/C14H24F3N3O.ClH/c15-14(16,17)5-8-20-7-2-3-11(10-20)9-19-13(21)12-4-1-6-18-12;/h11-12,18H,1-10H2,(H,19,21);1H. The Labute approximate surface area is 135 Å². The van der Waals surface area contributed by atoms with Crippen LogP contribution >= 0.6 is 12.4 Å². The first-order valence-electron chi connectivity index (χ1n) is 7.74. The van der Waals surface area contributed by atoms with Crippen LogP contribution in [0.5, 0.6) is 0 Å². The van der Waals surface area contributed by atoms with E-state index in [9.17, 15) is 18.0 Å². The van der Waals surface area contributed by atoms with E-state index in [0.717, 1.165) is 38.8 Å². The van der Waals surface area contributed by atoms with Gasteiger partial charge in [-0.1, -0.05) is 0 Å². The smallest absolute Gasteiger partial charge is 0.354 e. The Morgan fingerprint density at radius 3 is 2.68 bits per heavy atom. The summed E-state index contributed by atoms with van der Waals surface area (Å²) in [5.41, 5.74) is 0. The normalized spacial score (nSPS) is 26.5. The molecule has 2 heterocycles. The molecule has 0 aliphatic carbocycles. The molecule has 0 bridgehead atoms. The number of nitrogens with one attached hydrogen (secondary N) is 2. The average molecular weight is 344 g/mol. The third-order valence-corrected chi connectivity index (χ3v) is 4.26. The van der Waals surface area contributed by atoms with Crippen molar-refractivity contribution in [2.24, 2.45) is 5.92 Å². The van der Waals surface area contributed by atoms with Crippen molar-refractivity contribution in [3.8, 4) is 0 Å². The number of rotatable bonds is 5. The van der Waals surface area contributed by atoms with Crippen molar-refractivity contribution in [1.29, 1.82) is 0 Å². The quantitative estimate of drug-likeness (QED) is 0.802. The summed E-state index contributed by atoms with van der Waals surface area (Å²) in [6.07, 6.45) is -1.07. The second-order valence-electron chi connectivity index (χ2n) is 6.07. The minimum Gasteiger partial charge on any atom is -0.354 e. The predicted octanol–water partition coefficient (Wildman–Crippen LogP) is 1.94. The third kappa shape index (κ3) is 6.71. The van der Waals surface area contributed by atoms with Crippen LogP contribution in [-0.2, 0) is 4.79 Å². The van der Waals surface area contributed by atoms with Gasteiger partial charge in [-0.2, -0.15) is 13.2 Å². The lowest BCUT2D eigenvalue weighted by Gasteiger charge is -2.33. The van der Waals surface area contributed by atoms with E-state index < -0.39 is 12.6 Å². The fourth-order valence-electron chi connectivity index (χ4n) is 3.08. The van der Waals surface area contributed by atoms with E-state index in [1.807, 2.05) is 4.90 Å². The molecule has 2 aliphatic rings. The molecule has 2 fully saturated rings. The Hall–Kier alpha value is -0.530. The van der Waals surface area contributed by atoms with Crippen LogP contribution in [0.15, 0.2) is 0 Å². The maximum Gasteiger partial charge on any atom is 0.390 e. The van der Waals surface area contributed by atoms with E-state index >= 15 is 0 Å². The first kappa shape index (κ1) is 19.5. The second kappa shape index (κ2) is 8.93. The van der Waals surface area contributed by atoms with Crippen molar-refractivity contribution in [3.63, 3.8) is 0 Å². The van der Waals surface area contributed by atoms with E-state index in [1.54, 1.807) is 0 Å². The highest BCUT2D eigenvalue weighted by Gasteiger charge is 2.29. The van der Waals surface area contributed by atoms with E-state index in [-0.39, 0.29) is 36.8 Å². The number of alkyl halides is 3. The van der Waals surface area contributed by atoms with Gasteiger partial charge in [0.1, 0.15) is 0 Å². The Balaban J connectivity index is 0.00000242. The highest BCUT2D eigenvalue weighted by molar-refractivity contribution is 5.85. The van der Waals surface area contributed by atoms with Gasteiger partial charge >= 0.3 is 6.18 Å². The number of amides is 1. The zero-order chi connectivity index (χ0) is 15.3. The molecule has 0 saturated carbocycles. The van der Waals surface area contributed by atoms with Crippen LogP contribution < -0.4 is 10.6 Å². The van der Waals surface area contributed by atoms with Crippen LogP contribution in [0.2, 0.25) is 0 Å². The first-order valence-corrected chi connectivity index (χ1v) is 7.74. The monoisotopic (exact) mass is 343 g/mol. The van der Waals surface area contributed by atoms with E-state index in [4.69, 9.17) is 0 Å². The fraction of sp³-hybridized carbons (Fsp3) is 0.929. The van der Waals surface area contributed by atoms with Gasteiger partial charge in [-0.3, -0.25) is 4.79 Å². The Kier molecular flexibility index (Phi) is 7.93. The van der Waals surface area contributed by atoms with Crippen LogP contribution in [-0.4, -0.2) is 55.7 Å². The fourth-order valence-corrected chi connectivity index (χ4v) is 3.08. The number of halogens is 4. The van der Waals surface area contributed by atoms with Gasteiger partial charge in [-0.15, -0.1) is 12.4 Å². The van der Waals surface area contributed by atoms with Gasteiger partial charge in [0.2, 0.25) is 5.91 Å². The molecule has 4 nitrogen and oxygen atoms in total. The van der Waals surface area contributed by atoms with E-state index in [2.05, 4.69) is 10.6 Å². The van der Waals surface area contributed by atoms with Gasteiger partial charge in [0.05, 0.1) is 12.5 Å². The summed E-state index contributed by atoms with van der Waals surface area (Å²) in [5, 5.41) is 6.08. The zero-order valence-corrected chi connectivity index (χ0v) is 13.4. The predicted molar refractivity (Wildman–Crippen MR) is 81.1 cm³/mol. The molecule has 2 atom stereocenters. The molecule has 0 aromatic heterocycles. The molecule has 2 saturated heterocycles. The van der Waals surface area contributed by atoms with Gasteiger partial charge in [-0.05, 0) is 44.7 Å². The number of nitrogens with zero attached hydrogens (tertiary/aromatic N) is 1. The maximum atomic E-state index is 12.2. The average Bonchev–Trinajstić information content (AvgIpc) is 2.96. The zero-order valence-electron chi connectivity index (χ0n) is 12.6. The molecule has 2 aliphatic heterocycles. The van der Waals surface area contributed by atoms with Crippen LogP contribution in [0, 0.1) is 5.92 Å². The first-order chi connectivity index (χ1) is 9.94. The molecule has 2 rings (SSSR count). The summed E-state index contributed by atoms with van der Waals surface area (Å²) < 4.78 is 36.7. The van der Waals surface area contributed by atoms with Gasteiger partial charge in [0.15, 0.2) is 0 Å². The lowest BCUT2D eigenvalue weighted by atomic mass is 9.97. The number of hydrogen-bond acceptors (Lipinski definition) is 3. The van der Waals surface area contributed by atoms with Crippen molar-refractivity contribution in [2.45, 2.75) is 44.3 Å². The summed E-state index contributed by atoms with van der Waals surface area (Å²) in [6.45, 7) is 2.89. The van der Waals surface area contributed by atoms with Gasteiger partial charge in [-0.25, -0.2) is 0 Å². The molecule has 22 heavy (non-hydrogen) atoms. The molecule has 8 heteroatoms. The Morgan fingerprint density at radius 2 is 2.05 bits per heavy atom. The van der Waals surface area contributed by atoms with Crippen LogP contribution in [0.1, 0.15) is 32.1 Å². The summed E-state index contributed by atoms with van der Waals surface area (Å²) in [6, 6.07) is -0.0880. The van der Waals surface area contributed by atoms with Gasteiger partial charge < -0.3 is 15.5 Å². The Bertz CT molecular complexity index is 349. The lowest BCUT2D eigenvalue weighted by Crippen LogP contribution is -2.45. The molecule has 2 N–H and O–H groups in total. The summed E-state index contributed by atoms with van der Waals surface area (Å²) in [4.78, 5) is 13.8. The summed E-state index contributed by atoms with van der Waals surface area (Å²) in [7, 11) is 0.